The number of ether oxygens (including phenoxy) is 1. The van der Waals surface area contributed by atoms with E-state index in [2.05, 4.69) is 4.74 Å². The highest BCUT2D eigenvalue weighted by atomic mass is 19.1. The van der Waals surface area contributed by atoms with Crippen molar-refractivity contribution in [1.29, 1.82) is 5.41 Å². The zero-order valence-corrected chi connectivity index (χ0v) is 12.7. The van der Waals surface area contributed by atoms with Crippen LogP contribution in [0, 0.1) is 11.2 Å². The lowest BCUT2D eigenvalue weighted by molar-refractivity contribution is 0.149. The third-order valence-corrected chi connectivity index (χ3v) is 3.73. The van der Waals surface area contributed by atoms with Crippen molar-refractivity contribution < 1.29 is 13.9 Å². The van der Waals surface area contributed by atoms with Gasteiger partial charge in [0, 0.05) is 44.2 Å². The SMILES string of the molecule is N=C/C(=C\N)N1CCN(c2cccc(COC(N)=O)c2F)CC1. The number of piperazine rings is 1. The molecule has 7 nitrogen and oxygen atoms in total. The molecule has 1 saturated heterocycles. The van der Waals surface area contributed by atoms with Gasteiger partial charge in [0.25, 0.3) is 0 Å². The minimum Gasteiger partial charge on any atom is -0.445 e. The van der Waals surface area contributed by atoms with Gasteiger partial charge in [-0.2, -0.15) is 0 Å². The number of hydrogen-bond acceptors (Lipinski definition) is 6. The molecule has 1 aromatic carbocycles. The number of primary amides is 1. The number of benzene rings is 1. The number of nitrogens with zero attached hydrogens (tertiary/aromatic N) is 2. The standard InChI is InChI=1S/C15H20FN5O2/c16-14-11(10-23-15(19)22)2-1-3-13(14)21-6-4-20(5-7-21)12(8-17)9-18/h1-3,8-9,17H,4-7,10,18H2,(H2,19,22)/b12-9+,17-8?. The number of halogens is 1. The molecule has 8 heteroatoms. The number of nitrogens with one attached hydrogen (secondary N) is 1. The molecule has 0 aliphatic carbocycles. The van der Waals surface area contributed by atoms with Crippen LogP contribution in [0.5, 0.6) is 0 Å². The summed E-state index contributed by atoms with van der Waals surface area (Å²) in [6, 6.07) is 4.96. The van der Waals surface area contributed by atoms with Crippen LogP contribution in [0.3, 0.4) is 0 Å². The molecule has 0 aromatic heterocycles. The highest BCUT2D eigenvalue weighted by molar-refractivity contribution is 5.74. The summed E-state index contributed by atoms with van der Waals surface area (Å²) in [7, 11) is 0. The molecule has 1 heterocycles. The van der Waals surface area contributed by atoms with Gasteiger partial charge in [-0.1, -0.05) is 12.1 Å². The largest absolute Gasteiger partial charge is 0.445 e. The minimum absolute atomic E-state index is 0.192. The molecule has 124 valence electrons. The van der Waals surface area contributed by atoms with Gasteiger partial charge in [0.1, 0.15) is 6.61 Å². The third kappa shape index (κ3) is 3.91. The van der Waals surface area contributed by atoms with E-state index in [1.54, 1.807) is 18.2 Å². The molecule has 0 saturated carbocycles. The molecule has 1 aromatic rings. The molecule has 1 fully saturated rings. The molecule has 1 aliphatic heterocycles. The maximum Gasteiger partial charge on any atom is 0.404 e. The first-order valence-electron chi connectivity index (χ1n) is 7.18. The van der Waals surface area contributed by atoms with Crippen LogP contribution >= 0.6 is 0 Å². The number of carbonyl (C=O) groups excluding carboxylic acids is 1. The van der Waals surface area contributed by atoms with E-state index in [0.29, 0.717) is 37.6 Å². The first-order valence-corrected chi connectivity index (χ1v) is 7.18. The Bertz CT molecular complexity index is 612. The predicted molar refractivity (Wildman–Crippen MR) is 85.6 cm³/mol. The van der Waals surface area contributed by atoms with E-state index >= 15 is 0 Å². The molecule has 23 heavy (non-hydrogen) atoms. The number of carbonyl (C=O) groups is 1. The molecule has 0 radical (unpaired) electrons. The van der Waals surface area contributed by atoms with Gasteiger partial charge in [-0.05, 0) is 6.07 Å². The Morgan fingerprint density at radius 3 is 2.61 bits per heavy atom. The maximum atomic E-state index is 14.5. The van der Waals surface area contributed by atoms with Gasteiger partial charge in [0.2, 0.25) is 0 Å². The molecule has 1 aliphatic rings. The number of nitrogens with two attached hydrogens (primary N) is 2. The summed E-state index contributed by atoms with van der Waals surface area (Å²) in [5.41, 5.74) is 11.8. The molecule has 0 bridgehead atoms. The van der Waals surface area contributed by atoms with Crippen molar-refractivity contribution in [2.75, 3.05) is 31.1 Å². The molecule has 2 rings (SSSR count). The van der Waals surface area contributed by atoms with Gasteiger partial charge in [-0.15, -0.1) is 0 Å². The van der Waals surface area contributed by atoms with Crippen molar-refractivity contribution in [3.05, 3.63) is 41.5 Å². The summed E-state index contributed by atoms with van der Waals surface area (Å²) in [5, 5.41) is 7.31. The number of hydrogen-bond donors (Lipinski definition) is 3. The second-order valence-corrected chi connectivity index (χ2v) is 5.07. The third-order valence-electron chi connectivity index (χ3n) is 3.73. The Kier molecular flexibility index (Phi) is 5.40. The number of amides is 1. The van der Waals surface area contributed by atoms with Crippen LogP contribution in [-0.2, 0) is 11.3 Å². The van der Waals surface area contributed by atoms with Crippen molar-refractivity contribution in [1.82, 2.24) is 4.90 Å². The second kappa shape index (κ2) is 7.48. The highest BCUT2D eigenvalue weighted by Gasteiger charge is 2.21. The zero-order chi connectivity index (χ0) is 16.8. The van der Waals surface area contributed by atoms with Crippen molar-refractivity contribution in [3.8, 4) is 0 Å². The fourth-order valence-corrected chi connectivity index (χ4v) is 2.52. The van der Waals surface area contributed by atoms with E-state index in [0.717, 1.165) is 0 Å². The lowest BCUT2D eigenvalue weighted by atomic mass is 10.1. The molecular weight excluding hydrogens is 301 g/mol. The smallest absolute Gasteiger partial charge is 0.404 e. The van der Waals surface area contributed by atoms with Crippen LogP contribution in [0.25, 0.3) is 0 Å². The fraction of sp³-hybridized carbons (Fsp3) is 0.333. The summed E-state index contributed by atoms with van der Waals surface area (Å²) in [5.74, 6) is -0.413. The van der Waals surface area contributed by atoms with E-state index in [9.17, 15) is 9.18 Å². The van der Waals surface area contributed by atoms with Gasteiger partial charge in [-0.3, -0.25) is 0 Å². The fourth-order valence-electron chi connectivity index (χ4n) is 2.52. The Morgan fingerprint density at radius 2 is 2.04 bits per heavy atom. The first-order chi connectivity index (χ1) is 11.1. The van der Waals surface area contributed by atoms with E-state index in [-0.39, 0.29) is 12.2 Å². The van der Waals surface area contributed by atoms with E-state index in [4.69, 9.17) is 16.9 Å². The Morgan fingerprint density at radius 1 is 1.35 bits per heavy atom. The van der Waals surface area contributed by atoms with Crippen LogP contribution in [0.15, 0.2) is 30.1 Å². The lowest BCUT2D eigenvalue weighted by Crippen LogP contribution is -2.46. The Hall–Kier alpha value is -2.77. The Labute approximate surface area is 133 Å². The van der Waals surface area contributed by atoms with Crippen molar-refractivity contribution >= 4 is 18.0 Å². The van der Waals surface area contributed by atoms with Gasteiger partial charge in [0.15, 0.2) is 5.82 Å². The molecule has 5 N–H and O–H groups in total. The quantitative estimate of drug-likeness (QED) is 0.701. The number of anilines is 1. The summed E-state index contributed by atoms with van der Waals surface area (Å²) < 4.78 is 19.2. The molecule has 0 atom stereocenters. The predicted octanol–water partition coefficient (Wildman–Crippen LogP) is 0.993. The Balaban J connectivity index is 2.07. The van der Waals surface area contributed by atoms with Crippen LogP contribution in [-0.4, -0.2) is 43.4 Å². The lowest BCUT2D eigenvalue weighted by Gasteiger charge is -2.37. The van der Waals surface area contributed by atoms with E-state index in [1.807, 2.05) is 9.80 Å². The molecule has 0 unspecified atom stereocenters. The summed E-state index contributed by atoms with van der Waals surface area (Å²) >= 11 is 0. The zero-order valence-electron chi connectivity index (χ0n) is 12.7. The minimum atomic E-state index is -0.934. The van der Waals surface area contributed by atoms with Crippen LogP contribution in [0.2, 0.25) is 0 Å². The van der Waals surface area contributed by atoms with E-state index in [1.165, 1.54) is 12.4 Å². The van der Waals surface area contributed by atoms with Crippen molar-refractivity contribution in [2.45, 2.75) is 6.61 Å². The summed E-state index contributed by atoms with van der Waals surface area (Å²) in [4.78, 5) is 14.5. The van der Waals surface area contributed by atoms with E-state index < -0.39 is 11.9 Å². The van der Waals surface area contributed by atoms with Gasteiger partial charge in [0.05, 0.1) is 11.4 Å². The molecular formula is C15H20FN5O2. The number of allylic oxidation sites excluding steroid dienone is 1. The average Bonchev–Trinajstić information content (AvgIpc) is 2.56. The van der Waals surface area contributed by atoms with Crippen LogP contribution in [0.4, 0.5) is 14.9 Å². The van der Waals surface area contributed by atoms with Crippen LogP contribution in [0.1, 0.15) is 5.56 Å². The normalized spacial score (nSPS) is 15.4. The molecule has 1 amide bonds. The van der Waals surface area contributed by atoms with Crippen molar-refractivity contribution in [2.24, 2.45) is 11.5 Å². The number of rotatable bonds is 5. The van der Waals surface area contributed by atoms with Crippen LogP contribution < -0.4 is 16.4 Å². The first kappa shape index (κ1) is 16.6. The summed E-state index contributed by atoms with van der Waals surface area (Å²) in [6.07, 6.45) is 1.67. The van der Waals surface area contributed by atoms with Crippen molar-refractivity contribution in [3.63, 3.8) is 0 Å². The second-order valence-electron chi connectivity index (χ2n) is 5.07. The topological polar surface area (TPSA) is 109 Å². The monoisotopic (exact) mass is 321 g/mol. The average molecular weight is 321 g/mol. The molecule has 0 spiro atoms. The van der Waals surface area contributed by atoms with Gasteiger partial charge in [-0.25, -0.2) is 9.18 Å². The van der Waals surface area contributed by atoms with Gasteiger partial charge < -0.3 is 31.4 Å². The maximum absolute atomic E-state index is 14.5. The summed E-state index contributed by atoms with van der Waals surface area (Å²) in [6.45, 7) is 2.28. The van der Waals surface area contributed by atoms with Gasteiger partial charge >= 0.3 is 6.09 Å². The highest BCUT2D eigenvalue weighted by Crippen LogP contribution is 2.24.